The molecule has 1 unspecified atom stereocenters. The minimum Gasteiger partial charge on any atom is -0.337 e. The van der Waals surface area contributed by atoms with Crippen LogP contribution in [0.1, 0.15) is 13.0 Å². The number of nitrogens with one attached hydrogen (secondary N) is 1. The lowest BCUT2D eigenvalue weighted by Crippen LogP contribution is -2.15. The minimum atomic E-state index is -2.95. The van der Waals surface area contributed by atoms with E-state index in [-0.39, 0.29) is 11.8 Å². The normalized spacial score (nSPS) is 14.3. The molecule has 1 aromatic rings. The summed E-state index contributed by atoms with van der Waals surface area (Å²) in [5.74, 6) is 0.110. The monoisotopic (exact) mass is 220 g/mol. The fourth-order valence-corrected chi connectivity index (χ4v) is 2.54. The molecule has 0 aliphatic carbocycles. The molecule has 0 aliphatic heterocycles. The predicted molar refractivity (Wildman–Crippen MR) is 54.0 cm³/mol. The number of hydrogen-bond donors (Lipinski definition) is 1. The van der Waals surface area contributed by atoms with E-state index in [4.69, 9.17) is 12.2 Å². The van der Waals surface area contributed by atoms with Crippen LogP contribution >= 0.6 is 12.2 Å². The molecule has 6 heteroatoms. The van der Waals surface area contributed by atoms with Crippen LogP contribution in [-0.2, 0) is 9.84 Å². The Labute approximate surface area is 82.5 Å². The fourth-order valence-electron chi connectivity index (χ4n) is 1.20. The van der Waals surface area contributed by atoms with Crippen LogP contribution in [0, 0.1) is 4.77 Å². The third-order valence-corrected chi connectivity index (χ3v) is 3.11. The van der Waals surface area contributed by atoms with Gasteiger partial charge in [-0.25, -0.2) is 8.42 Å². The van der Waals surface area contributed by atoms with E-state index in [1.807, 2.05) is 6.92 Å². The second-order valence-electron chi connectivity index (χ2n) is 3.11. The van der Waals surface area contributed by atoms with Gasteiger partial charge in [0.05, 0.1) is 5.75 Å². The zero-order valence-electron chi connectivity index (χ0n) is 7.52. The first-order valence-corrected chi connectivity index (χ1v) is 6.30. The molecule has 1 aromatic heterocycles. The Balaban J connectivity index is 2.87. The van der Waals surface area contributed by atoms with Crippen molar-refractivity contribution in [3.63, 3.8) is 0 Å². The van der Waals surface area contributed by atoms with Crippen molar-refractivity contribution in [2.24, 2.45) is 0 Å². The van der Waals surface area contributed by atoms with E-state index in [1.165, 1.54) is 6.26 Å². The van der Waals surface area contributed by atoms with Gasteiger partial charge in [-0.3, -0.25) is 0 Å². The Kier molecular flexibility index (Phi) is 2.92. The third kappa shape index (κ3) is 2.96. The van der Waals surface area contributed by atoms with E-state index < -0.39 is 9.84 Å². The summed E-state index contributed by atoms with van der Waals surface area (Å²) in [6.45, 7) is 1.82. The molecule has 0 saturated heterocycles. The van der Waals surface area contributed by atoms with Crippen molar-refractivity contribution in [2.45, 2.75) is 13.0 Å². The maximum Gasteiger partial charge on any atom is 0.177 e. The van der Waals surface area contributed by atoms with E-state index in [0.29, 0.717) is 4.77 Å². The molecule has 1 atom stereocenters. The smallest absolute Gasteiger partial charge is 0.177 e. The maximum absolute atomic E-state index is 11.0. The van der Waals surface area contributed by atoms with Crippen LogP contribution in [0.25, 0.3) is 0 Å². The zero-order valence-corrected chi connectivity index (χ0v) is 9.15. The molecule has 1 heterocycles. The first-order chi connectivity index (χ1) is 5.90. The topological polar surface area (TPSA) is 54.9 Å². The Morgan fingerprint density at radius 1 is 1.69 bits per heavy atom. The Hall–Kier alpha value is -0.620. The quantitative estimate of drug-likeness (QED) is 0.777. The summed E-state index contributed by atoms with van der Waals surface area (Å²) in [7, 11) is -2.95. The second kappa shape index (κ2) is 3.63. The summed E-state index contributed by atoms with van der Waals surface area (Å²) < 4.78 is 24.3. The Bertz CT molecular complexity index is 429. The molecule has 0 saturated carbocycles. The molecule has 0 aliphatic rings. The number of rotatable bonds is 3. The van der Waals surface area contributed by atoms with Gasteiger partial charge in [-0.15, -0.1) is 0 Å². The molecule has 0 amide bonds. The van der Waals surface area contributed by atoms with E-state index in [2.05, 4.69) is 4.98 Å². The van der Waals surface area contributed by atoms with Crippen molar-refractivity contribution < 1.29 is 8.42 Å². The van der Waals surface area contributed by atoms with Gasteiger partial charge in [-0.2, -0.15) is 0 Å². The highest BCUT2D eigenvalue weighted by Gasteiger charge is 2.11. The van der Waals surface area contributed by atoms with Gasteiger partial charge in [0.2, 0.25) is 0 Å². The standard InChI is InChI=1S/C7H12N2O2S2/c1-6(5-13(2,10)11)9-4-3-8-7(9)12/h3-4,6H,5H2,1-2H3,(H,8,12). The minimum absolute atomic E-state index is 0.110. The number of nitrogens with zero attached hydrogens (tertiary/aromatic N) is 1. The molecule has 74 valence electrons. The SMILES string of the molecule is CC(CS(C)(=O)=O)n1cc[nH]c1=S. The highest BCUT2D eigenvalue weighted by Crippen LogP contribution is 2.08. The van der Waals surface area contributed by atoms with E-state index in [1.54, 1.807) is 17.0 Å². The van der Waals surface area contributed by atoms with E-state index in [9.17, 15) is 8.42 Å². The molecule has 4 nitrogen and oxygen atoms in total. The number of aromatic amines is 1. The van der Waals surface area contributed by atoms with E-state index in [0.717, 1.165) is 0 Å². The van der Waals surface area contributed by atoms with Crippen LogP contribution in [0.3, 0.4) is 0 Å². The van der Waals surface area contributed by atoms with Crippen LogP contribution in [0.5, 0.6) is 0 Å². The number of H-pyrrole nitrogens is 1. The summed E-state index contributed by atoms with van der Waals surface area (Å²) in [6, 6.07) is -0.117. The molecule has 0 aromatic carbocycles. The van der Waals surface area contributed by atoms with Crippen molar-refractivity contribution in [1.82, 2.24) is 9.55 Å². The van der Waals surface area contributed by atoms with Crippen LogP contribution in [0.15, 0.2) is 12.4 Å². The lowest BCUT2D eigenvalue weighted by Gasteiger charge is -2.10. The average molecular weight is 220 g/mol. The highest BCUT2D eigenvalue weighted by molar-refractivity contribution is 7.90. The van der Waals surface area contributed by atoms with Crippen LogP contribution < -0.4 is 0 Å². The first kappa shape index (κ1) is 10.5. The predicted octanol–water partition coefficient (Wildman–Crippen LogP) is 1.15. The molecule has 0 bridgehead atoms. The molecule has 1 rings (SSSR count). The lowest BCUT2D eigenvalue weighted by atomic mass is 10.4. The van der Waals surface area contributed by atoms with Crippen molar-refractivity contribution in [3.8, 4) is 0 Å². The molecular formula is C7H12N2O2S2. The maximum atomic E-state index is 11.0. The molecule has 0 spiro atoms. The molecule has 13 heavy (non-hydrogen) atoms. The van der Waals surface area contributed by atoms with Gasteiger partial charge >= 0.3 is 0 Å². The van der Waals surface area contributed by atoms with Gasteiger partial charge < -0.3 is 9.55 Å². The summed E-state index contributed by atoms with van der Waals surface area (Å²) in [6.07, 6.45) is 4.67. The molecule has 0 fully saturated rings. The van der Waals surface area contributed by atoms with Crippen molar-refractivity contribution in [3.05, 3.63) is 17.2 Å². The third-order valence-electron chi connectivity index (χ3n) is 1.70. The van der Waals surface area contributed by atoms with Crippen molar-refractivity contribution >= 4 is 22.1 Å². The largest absolute Gasteiger partial charge is 0.337 e. The first-order valence-electron chi connectivity index (χ1n) is 3.83. The number of aromatic nitrogens is 2. The molecule has 1 N–H and O–H groups in total. The van der Waals surface area contributed by atoms with Crippen molar-refractivity contribution in [2.75, 3.05) is 12.0 Å². The van der Waals surface area contributed by atoms with Crippen LogP contribution in [0.4, 0.5) is 0 Å². The fraction of sp³-hybridized carbons (Fsp3) is 0.571. The Morgan fingerprint density at radius 2 is 2.31 bits per heavy atom. The van der Waals surface area contributed by atoms with Crippen LogP contribution in [-0.4, -0.2) is 30.0 Å². The summed E-state index contributed by atoms with van der Waals surface area (Å²) in [4.78, 5) is 2.82. The number of imidazole rings is 1. The summed E-state index contributed by atoms with van der Waals surface area (Å²) in [5, 5.41) is 0. The molecule has 0 radical (unpaired) electrons. The van der Waals surface area contributed by atoms with Gasteiger partial charge in [0.25, 0.3) is 0 Å². The van der Waals surface area contributed by atoms with Gasteiger partial charge in [0.1, 0.15) is 9.84 Å². The average Bonchev–Trinajstić information content (AvgIpc) is 2.30. The zero-order chi connectivity index (χ0) is 10.1. The Morgan fingerprint density at radius 3 is 2.69 bits per heavy atom. The number of sulfone groups is 1. The summed E-state index contributed by atoms with van der Waals surface area (Å²) >= 11 is 4.96. The van der Waals surface area contributed by atoms with Gasteiger partial charge in [0.15, 0.2) is 4.77 Å². The van der Waals surface area contributed by atoms with E-state index >= 15 is 0 Å². The summed E-state index contributed by atoms with van der Waals surface area (Å²) in [5.41, 5.74) is 0. The highest BCUT2D eigenvalue weighted by atomic mass is 32.2. The lowest BCUT2D eigenvalue weighted by molar-refractivity contribution is 0.558. The van der Waals surface area contributed by atoms with Gasteiger partial charge in [0, 0.05) is 24.7 Å². The van der Waals surface area contributed by atoms with Crippen molar-refractivity contribution in [1.29, 1.82) is 0 Å². The molecular weight excluding hydrogens is 208 g/mol. The van der Waals surface area contributed by atoms with Gasteiger partial charge in [-0.1, -0.05) is 0 Å². The van der Waals surface area contributed by atoms with Gasteiger partial charge in [-0.05, 0) is 19.1 Å². The second-order valence-corrected chi connectivity index (χ2v) is 5.69. The number of hydrogen-bond acceptors (Lipinski definition) is 3. The van der Waals surface area contributed by atoms with Crippen LogP contribution in [0.2, 0.25) is 0 Å².